The Kier molecular flexibility index (Phi) is 4.45. The first-order chi connectivity index (χ1) is 10.1. The van der Waals surface area contributed by atoms with Crippen molar-refractivity contribution in [3.8, 4) is 11.5 Å². The van der Waals surface area contributed by atoms with E-state index in [1.807, 2.05) is 12.1 Å². The summed E-state index contributed by atoms with van der Waals surface area (Å²) in [6.45, 7) is 3.90. The predicted octanol–water partition coefficient (Wildman–Crippen LogP) is 4.64. The van der Waals surface area contributed by atoms with Gasteiger partial charge in [0.25, 0.3) is 0 Å². The van der Waals surface area contributed by atoms with Crippen molar-refractivity contribution in [2.24, 2.45) is 0 Å². The topological polar surface area (TPSA) is 30.5 Å². The molecule has 0 radical (unpaired) electrons. The number of aryl methyl sites for hydroxylation is 1. The molecule has 0 bridgehead atoms. The fourth-order valence-electron chi connectivity index (χ4n) is 2.29. The lowest BCUT2D eigenvalue weighted by Crippen LogP contribution is -2.16. The van der Waals surface area contributed by atoms with E-state index in [2.05, 4.69) is 53.0 Å². The Morgan fingerprint density at radius 1 is 1.19 bits per heavy atom. The fourth-order valence-corrected chi connectivity index (χ4v) is 3.22. The summed E-state index contributed by atoms with van der Waals surface area (Å²) in [5, 5.41) is 4.03. The average Bonchev–Trinajstić information content (AvgIpc) is 2.46. The molecule has 0 spiro atoms. The maximum atomic E-state index is 6.25. The minimum Gasteiger partial charge on any atom is -0.486 e. The Morgan fingerprint density at radius 2 is 2.00 bits per heavy atom. The number of anilines is 1. The normalized spacial score (nSPS) is 13.1. The number of ether oxygens (including phenoxy) is 2. The van der Waals surface area contributed by atoms with Crippen LogP contribution in [0.15, 0.2) is 30.3 Å². The van der Waals surface area contributed by atoms with Crippen molar-refractivity contribution >= 4 is 39.9 Å². The van der Waals surface area contributed by atoms with E-state index in [1.54, 1.807) is 0 Å². The molecule has 2 aromatic rings. The van der Waals surface area contributed by atoms with E-state index in [9.17, 15) is 0 Å². The fraction of sp³-hybridized carbons (Fsp3) is 0.250. The molecule has 0 saturated carbocycles. The third kappa shape index (κ3) is 3.37. The Bertz CT molecular complexity index is 676. The van der Waals surface area contributed by atoms with Crippen molar-refractivity contribution in [1.29, 1.82) is 0 Å². The zero-order valence-corrected chi connectivity index (χ0v) is 14.5. The summed E-state index contributed by atoms with van der Waals surface area (Å²) in [6.07, 6.45) is 0. The van der Waals surface area contributed by atoms with Gasteiger partial charge >= 0.3 is 0 Å². The quantitative estimate of drug-likeness (QED) is 0.741. The van der Waals surface area contributed by atoms with Gasteiger partial charge in [-0.15, -0.1) is 0 Å². The number of rotatable bonds is 3. The highest BCUT2D eigenvalue weighted by Crippen LogP contribution is 2.38. The van der Waals surface area contributed by atoms with Crippen molar-refractivity contribution in [2.75, 3.05) is 18.5 Å². The van der Waals surface area contributed by atoms with Gasteiger partial charge in [-0.25, -0.2) is 0 Å². The molecule has 110 valence electrons. The van der Waals surface area contributed by atoms with E-state index in [0.717, 1.165) is 17.0 Å². The predicted molar refractivity (Wildman–Crippen MR) is 93.7 cm³/mol. The van der Waals surface area contributed by atoms with Gasteiger partial charge in [-0.05, 0) is 71.0 Å². The molecule has 0 unspecified atom stereocenters. The molecule has 21 heavy (non-hydrogen) atoms. The van der Waals surface area contributed by atoms with Crippen molar-refractivity contribution in [3.63, 3.8) is 0 Å². The van der Waals surface area contributed by atoms with E-state index >= 15 is 0 Å². The van der Waals surface area contributed by atoms with E-state index in [-0.39, 0.29) is 0 Å². The number of hydrogen-bond donors (Lipinski definition) is 1. The third-order valence-corrected chi connectivity index (χ3v) is 4.28. The first-order valence-corrected chi connectivity index (χ1v) is 8.17. The molecule has 0 aliphatic carbocycles. The van der Waals surface area contributed by atoms with Crippen molar-refractivity contribution < 1.29 is 9.47 Å². The van der Waals surface area contributed by atoms with Crippen LogP contribution in [-0.2, 0) is 6.54 Å². The summed E-state index contributed by atoms with van der Waals surface area (Å²) in [4.78, 5) is 0. The second-order valence-corrected chi connectivity index (χ2v) is 6.57. The van der Waals surface area contributed by atoms with Gasteiger partial charge in [0.1, 0.15) is 13.2 Å². The van der Waals surface area contributed by atoms with Crippen molar-refractivity contribution in [1.82, 2.24) is 0 Å². The molecule has 3 nitrogen and oxygen atoms in total. The lowest BCUT2D eigenvalue weighted by molar-refractivity contribution is 0.171. The average molecular weight is 416 g/mol. The van der Waals surface area contributed by atoms with Crippen molar-refractivity contribution in [2.45, 2.75) is 13.5 Å². The summed E-state index contributed by atoms with van der Waals surface area (Å²) >= 11 is 8.56. The SMILES string of the molecule is Cc1cc(I)ccc1NCc1cc(Cl)c2c(c1)OCCO2. The smallest absolute Gasteiger partial charge is 0.179 e. The molecule has 0 fully saturated rings. The number of nitrogens with one attached hydrogen (secondary N) is 1. The zero-order valence-electron chi connectivity index (χ0n) is 11.6. The number of halogens is 2. The van der Waals surface area contributed by atoms with E-state index in [4.69, 9.17) is 21.1 Å². The highest BCUT2D eigenvalue weighted by molar-refractivity contribution is 14.1. The van der Waals surface area contributed by atoms with Gasteiger partial charge in [-0.1, -0.05) is 11.6 Å². The van der Waals surface area contributed by atoms with E-state index in [0.29, 0.717) is 30.5 Å². The first kappa shape index (κ1) is 14.8. The maximum absolute atomic E-state index is 6.25. The van der Waals surface area contributed by atoms with Gasteiger partial charge in [0.15, 0.2) is 11.5 Å². The van der Waals surface area contributed by atoms with Gasteiger partial charge in [0.05, 0.1) is 5.02 Å². The van der Waals surface area contributed by atoms with Crippen LogP contribution in [0.1, 0.15) is 11.1 Å². The molecule has 0 saturated heterocycles. The number of fused-ring (bicyclic) bond motifs is 1. The molecule has 1 aliphatic heterocycles. The molecule has 3 rings (SSSR count). The lowest BCUT2D eigenvalue weighted by atomic mass is 10.1. The van der Waals surface area contributed by atoms with Gasteiger partial charge in [0, 0.05) is 15.8 Å². The Balaban J connectivity index is 1.77. The van der Waals surface area contributed by atoms with Crippen LogP contribution in [0.2, 0.25) is 5.02 Å². The number of hydrogen-bond acceptors (Lipinski definition) is 3. The summed E-state index contributed by atoms with van der Waals surface area (Å²) in [5.41, 5.74) is 3.43. The molecular weight excluding hydrogens is 401 g/mol. The highest BCUT2D eigenvalue weighted by atomic mass is 127. The van der Waals surface area contributed by atoms with Gasteiger partial charge < -0.3 is 14.8 Å². The van der Waals surface area contributed by atoms with Gasteiger partial charge in [-0.3, -0.25) is 0 Å². The lowest BCUT2D eigenvalue weighted by Gasteiger charge is -2.20. The second kappa shape index (κ2) is 6.32. The minimum atomic E-state index is 0.548. The molecule has 0 amide bonds. The standard InChI is InChI=1S/C16H15ClINO2/c1-10-6-12(18)2-3-14(10)19-9-11-7-13(17)16-15(8-11)20-4-5-21-16/h2-3,6-8,19H,4-5,9H2,1H3. The van der Waals surface area contributed by atoms with Crippen LogP contribution in [-0.4, -0.2) is 13.2 Å². The Labute approximate surface area is 142 Å². The molecule has 5 heteroatoms. The van der Waals surface area contributed by atoms with Crippen LogP contribution in [0, 0.1) is 10.5 Å². The summed E-state index contributed by atoms with van der Waals surface area (Å²) in [5.74, 6) is 1.38. The van der Waals surface area contributed by atoms with E-state index < -0.39 is 0 Å². The largest absolute Gasteiger partial charge is 0.486 e. The highest BCUT2D eigenvalue weighted by Gasteiger charge is 2.16. The second-order valence-electron chi connectivity index (χ2n) is 4.91. The summed E-state index contributed by atoms with van der Waals surface area (Å²) in [7, 11) is 0. The maximum Gasteiger partial charge on any atom is 0.179 e. The summed E-state index contributed by atoms with van der Waals surface area (Å²) in [6, 6.07) is 10.2. The molecule has 1 aliphatic rings. The van der Waals surface area contributed by atoms with Crippen LogP contribution >= 0.6 is 34.2 Å². The molecule has 0 atom stereocenters. The van der Waals surface area contributed by atoms with Crippen LogP contribution in [0.3, 0.4) is 0 Å². The third-order valence-electron chi connectivity index (χ3n) is 3.33. The molecule has 0 aromatic heterocycles. The molecule has 1 N–H and O–H groups in total. The Hall–Kier alpha value is -1.14. The number of benzene rings is 2. The van der Waals surface area contributed by atoms with Gasteiger partial charge in [-0.2, -0.15) is 0 Å². The molecule has 1 heterocycles. The summed E-state index contributed by atoms with van der Waals surface area (Å²) < 4.78 is 12.4. The molecular formula is C16H15ClINO2. The first-order valence-electron chi connectivity index (χ1n) is 6.71. The van der Waals surface area contributed by atoms with Crippen molar-refractivity contribution in [3.05, 3.63) is 50.1 Å². The van der Waals surface area contributed by atoms with E-state index in [1.165, 1.54) is 9.13 Å². The molecule has 2 aromatic carbocycles. The minimum absolute atomic E-state index is 0.548. The monoisotopic (exact) mass is 415 g/mol. The zero-order chi connectivity index (χ0) is 14.8. The van der Waals surface area contributed by atoms with Crippen LogP contribution in [0.5, 0.6) is 11.5 Å². The van der Waals surface area contributed by atoms with Gasteiger partial charge in [0.2, 0.25) is 0 Å². The van der Waals surface area contributed by atoms with Crippen LogP contribution < -0.4 is 14.8 Å². The van der Waals surface area contributed by atoms with Crippen LogP contribution in [0.4, 0.5) is 5.69 Å². The van der Waals surface area contributed by atoms with Crippen LogP contribution in [0.25, 0.3) is 0 Å². The Morgan fingerprint density at radius 3 is 2.81 bits per heavy atom.